The molecule has 2 unspecified atom stereocenters. The highest BCUT2D eigenvalue weighted by molar-refractivity contribution is 6.46. The van der Waals surface area contributed by atoms with Crippen molar-refractivity contribution in [1.29, 1.82) is 0 Å². The van der Waals surface area contributed by atoms with E-state index in [0.717, 1.165) is 0 Å². The standard InChI is InChI=1S/C8H8Cl4O2/c9-5-1-8(12,3-14)7(11)4(2-13)6(5)10/h1,7,13-14H,2-3H2. The molecule has 0 aromatic carbocycles. The first kappa shape index (κ1) is 12.6. The molecule has 6 heteroatoms. The van der Waals surface area contributed by atoms with E-state index in [1.807, 2.05) is 0 Å². The van der Waals surface area contributed by atoms with Crippen molar-refractivity contribution in [3.8, 4) is 0 Å². The fourth-order valence-electron chi connectivity index (χ4n) is 1.18. The first-order chi connectivity index (χ1) is 6.46. The molecular formula is C8H8Cl4O2. The molecule has 0 amide bonds. The maximum Gasteiger partial charge on any atom is 0.108 e. The summed E-state index contributed by atoms with van der Waals surface area (Å²) in [5, 5.41) is 17.7. The molecule has 80 valence electrons. The van der Waals surface area contributed by atoms with Gasteiger partial charge in [-0.2, -0.15) is 0 Å². The highest BCUT2D eigenvalue weighted by atomic mass is 35.5. The van der Waals surface area contributed by atoms with Crippen LogP contribution >= 0.6 is 46.4 Å². The zero-order chi connectivity index (χ0) is 10.9. The zero-order valence-corrected chi connectivity index (χ0v) is 10.00. The average molecular weight is 278 g/mol. The van der Waals surface area contributed by atoms with Gasteiger partial charge in [-0.25, -0.2) is 0 Å². The van der Waals surface area contributed by atoms with Gasteiger partial charge in [0.15, 0.2) is 0 Å². The Morgan fingerprint density at radius 1 is 1.36 bits per heavy atom. The van der Waals surface area contributed by atoms with Crippen LogP contribution in [0.1, 0.15) is 0 Å². The van der Waals surface area contributed by atoms with E-state index in [4.69, 9.17) is 56.6 Å². The molecule has 0 heterocycles. The van der Waals surface area contributed by atoms with Crippen molar-refractivity contribution >= 4 is 46.4 Å². The Kier molecular flexibility index (Phi) is 4.15. The normalized spacial score (nSPS) is 33.3. The van der Waals surface area contributed by atoms with Crippen LogP contribution in [0.25, 0.3) is 0 Å². The second kappa shape index (κ2) is 4.60. The molecule has 0 saturated carbocycles. The van der Waals surface area contributed by atoms with E-state index in [0.29, 0.717) is 5.57 Å². The number of allylic oxidation sites excluding steroid dienone is 2. The van der Waals surface area contributed by atoms with Crippen LogP contribution in [-0.2, 0) is 0 Å². The predicted molar refractivity (Wildman–Crippen MR) is 59.2 cm³/mol. The molecule has 0 radical (unpaired) electrons. The molecule has 2 N–H and O–H groups in total. The van der Waals surface area contributed by atoms with E-state index < -0.39 is 10.3 Å². The summed E-state index contributed by atoms with van der Waals surface area (Å²) in [5.74, 6) is 0. The average Bonchev–Trinajstić information content (AvgIpc) is 2.16. The van der Waals surface area contributed by atoms with Gasteiger partial charge in [-0.15, -0.1) is 23.2 Å². The maximum absolute atomic E-state index is 9.07. The Bertz CT molecular complexity index is 300. The lowest BCUT2D eigenvalue weighted by molar-refractivity contribution is 0.258. The van der Waals surface area contributed by atoms with Crippen molar-refractivity contribution in [3.05, 3.63) is 21.7 Å². The van der Waals surface area contributed by atoms with E-state index in [1.165, 1.54) is 6.08 Å². The summed E-state index contributed by atoms with van der Waals surface area (Å²) in [6.45, 7) is -0.724. The third-order valence-corrected chi connectivity index (χ3v) is 4.05. The van der Waals surface area contributed by atoms with Crippen LogP contribution in [0.3, 0.4) is 0 Å². The number of aliphatic hydroxyl groups is 2. The van der Waals surface area contributed by atoms with E-state index in [-0.39, 0.29) is 23.3 Å². The Labute approximate surface area is 102 Å². The third kappa shape index (κ3) is 2.06. The summed E-state index contributed by atoms with van der Waals surface area (Å²) < 4.78 is 0. The van der Waals surface area contributed by atoms with Crippen LogP contribution in [0.2, 0.25) is 0 Å². The molecule has 0 aromatic heterocycles. The number of hydrogen-bond donors (Lipinski definition) is 2. The maximum atomic E-state index is 9.07. The number of alkyl halides is 2. The summed E-state index contributed by atoms with van der Waals surface area (Å²) in [6, 6.07) is 0. The number of hydrogen-bond acceptors (Lipinski definition) is 2. The quantitative estimate of drug-likeness (QED) is 0.760. The number of aliphatic hydroxyl groups excluding tert-OH is 2. The van der Waals surface area contributed by atoms with Crippen molar-refractivity contribution < 1.29 is 10.2 Å². The van der Waals surface area contributed by atoms with Crippen LogP contribution in [0.15, 0.2) is 21.7 Å². The van der Waals surface area contributed by atoms with Gasteiger partial charge in [0.1, 0.15) is 4.87 Å². The smallest absolute Gasteiger partial charge is 0.108 e. The lowest BCUT2D eigenvalue weighted by Gasteiger charge is -2.32. The highest BCUT2D eigenvalue weighted by Gasteiger charge is 2.40. The van der Waals surface area contributed by atoms with Gasteiger partial charge in [0.25, 0.3) is 0 Å². The monoisotopic (exact) mass is 276 g/mol. The van der Waals surface area contributed by atoms with Crippen LogP contribution in [-0.4, -0.2) is 33.7 Å². The lowest BCUT2D eigenvalue weighted by atomic mass is 9.93. The molecule has 1 rings (SSSR count). The second-order valence-electron chi connectivity index (χ2n) is 2.94. The van der Waals surface area contributed by atoms with Crippen molar-refractivity contribution in [2.75, 3.05) is 13.2 Å². The summed E-state index contributed by atoms with van der Waals surface area (Å²) in [7, 11) is 0. The van der Waals surface area contributed by atoms with Gasteiger partial charge in [0.2, 0.25) is 0 Å². The summed E-state index contributed by atoms with van der Waals surface area (Å²) in [6.07, 6.45) is 1.38. The topological polar surface area (TPSA) is 40.5 Å². The van der Waals surface area contributed by atoms with E-state index >= 15 is 0 Å². The first-order valence-corrected chi connectivity index (χ1v) is 5.35. The molecule has 14 heavy (non-hydrogen) atoms. The van der Waals surface area contributed by atoms with Crippen molar-refractivity contribution in [2.45, 2.75) is 10.3 Å². The van der Waals surface area contributed by atoms with Gasteiger partial charge < -0.3 is 10.2 Å². The molecule has 1 aliphatic carbocycles. The van der Waals surface area contributed by atoms with Gasteiger partial charge >= 0.3 is 0 Å². The van der Waals surface area contributed by atoms with Crippen molar-refractivity contribution in [1.82, 2.24) is 0 Å². The lowest BCUT2D eigenvalue weighted by Crippen LogP contribution is -2.39. The number of rotatable bonds is 2. The molecule has 2 atom stereocenters. The molecule has 0 spiro atoms. The van der Waals surface area contributed by atoms with E-state index in [1.54, 1.807) is 0 Å². The molecule has 0 bridgehead atoms. The minimum absolute atomic E-state index is 0.191. The van der Waals surface area contributed by atoms with Gasteiger partial charge in [-0.3, -0.25) is 0 Å². The molecule has 2 nitrogen and oxygen atoms in total. The summed E-state index contributed by atoms with van der Waals surface area (Å²) in [5.41, 5.74) is 0.324. The SMILES string of the molecule is OCC1=C(Cl)C(Cl)=CC(Cl)(CO)C1Cl. The van der Waals surface area contributed by atoms with Gasteiger partial charge in [-0.05, 0) is 11.6 Å². The molecule has 1 aliphatic rings. The van der Waals surface area contributed by atoms with E-state index in [9.17, 15) is 0 Å². The Balaban J connectivity index is 3.17. The van der Waals surface area contributed by atoms with E-state index in [2.05, 4.69) is 0 Å². The Morgan fingerprint density at radius 3 is 2.36 bits per heavy atom. The van der Waals surface area contributed by atoms with Gasteiger partial charge in [0.05, 0.1) is 28.7 Å². The van der Waals surface area contributed by atoms with Gasteiger partial charge in [0, 0.05) is 0 Å². The molecular weight excluding hydrogens is 270 g/mol. The molecule has 0 aliphatic heterocycles. The van der Waals surface area contributed by atoms with Crippen molar-refractivity contribution in [2.24, 2.45) is 0 Å². The fraction of sp³-hybridized carbons (Fsp3) is 0.500. The fourth-order valence-corrected chi connectivity index (χ4v) is 2.38. The molecule has 0 saturated heterocycles. The minimum Gasteiger partial charge on any atom is -0.394 e. The van der Waals surface area contributed by atoms with Crippen LogP contribution in [0.5, 0.6) is 0 Å². The zero-order valence-electron chi connectivity index (χ0n) is 6.98. The van der Waals surface area contributed by atoms with Crippen LogP contribution < -0.4 is 0 Å². The van der Waals surface area contributed by atoms with Crippen LogP contribution in [0, 0.1) is 0 Å². The summed E-state index contributed by atoms with van der Waals surface area (Å²) in [4.78, 5) is -1.20. The van der Waals surface area contributed by atoms with Crippen molar-refractivity contribution in [3.63, 3.8) is 0 Å². The Hall–Kier alpha value is 0.560. The number of halogens is 4. The third-order valence-electron chi connectivity index (χ3n) is 2.00. The minimum atomic E-state index is -1.20. The van der Waals surface area contributed by atoms with Gasteiger partial charge in [-0.1, -0.05) is 23.2 Å². The highest BCUT2D eigenvalue weighted by Crippen LogP contribution is 2.41. The molecule has 0 aromatic rings. The second-order valence-corrected chi connectivity index (χ2v) is 4.86. The largest absolute Gasteiger partial charge is 0.394 e. The Morgan fingerprint density at radius 2 is 1.93 bits per heavy atom. The summed E-state index contributed by atoms with van der Waals surface area (Å²) >= 11 is 23.5. The molecule has 0 fully saturated rings. The predicted octanol–water partition coefficient (Wildman–Crippen LogP) is 2.19. The van der Waals surface area contributed by atoms with Crippen LogP contribution in [0.4, 0.5) is 0 Å². The first-order valence-electron chi connectivity index (χ1n) is 3.78.